The zero-order valence-electron chi connectivity index (χ0n) is 10.6. The second-order valence-corrected chi connectivity index (χ2v) is 5.02. The Morgan fingerprint density at radius 2 is 2.12 bits per heavy atom. The minimum Gasteiger partial charge on any atom is -0.467 e. The van der Waals surface area contributed by atoms with Gasteiger partial charge in [-0.15, -0.1) is 0 Å². The SMILES string of the molecule is CC(C)(C)NCCCCOCc1ccco1. The van der Waals surface area contributed by atoms with Gasteiger partial charge in [0.1, 0.15) is 12.4 Å². The Bertz CT molecular complexity index is 262. The molecule has 3 heteroatoms. The van der Waals surface area contributed by atoms with E-state index in [1.807, 2.05) is 12.1 Å². The molecule has 16 heavy (non-hydrogen) atoms. The molecule has 0 aliphatic heterocycles. The van der Waals surface area contributed by atoms with Crippen LogP contribution in [-0.2, 0) is 11.3 Å². The van der Waals surface area contributed by atoms with E-state index >= 15 is 0 Å². The molecule has 0 amide bonds. The maximum Gasteiger partial charge on any atom is 0.129 e. The lowest BCUT2D eigenvalue weighted by molar-refractivity contribution is 0.102. The third-order valence-corrected chi connectivity index (χ3v) is 2.20. The van der Waals surface area contributed by atoms with Gasteiger partial charge in [-0.05, 0) is 52.3 Å². The van der Waals surface area contributed by atoms with E-state index in [9.17, 15) is 0 Å². The second-order valence-electron chi connectivity index (χ2n) is 5.02. The molecule has 0 saturated heterocycles. The zero-order chi connectivity index (χ0) is 11.9. The highest BCUT2D eigenvalue weighted by Gasteiger charge is 2.06. The van der Waals surface area contributed by atoms with Crippen LogP contribution in [0.15, 0.2) is 22.8 Å². The molecular formula is C13H23NO2. The van der Waals surface area contributed by atoms with Crippen molar-refractivity contribution < 1.29 is 9.15 Å². The summed E-state index contributed by atoms with van der Waals surface area (Å²) in [6.07, 6.45) is 3.91. The van der Waals surface area contributed by atoms with Crippen LogP contribution in [0.25, 0.3) is 0 Å². The Morgan fingerprint density at radius 3 is 2.75 bits per heavy atom. The molecule has 0 saturated carbocycles. The van der Waals surface area contributed by atoms with Gasteiger partial charge in [0.25, 0.3) is 0 Å². The van der Waals surface area contributed by atoms with Crippen LogP contribution in [-0.4, -0.2) is 18.7 Å². The van der Waals surface area contributed by atoms with E-state index < -0.39 is 0 Å². The smallest absolute Gasteiger partial charge is 0.129 e. The number of unbranched alkanes of at least 4 members (excludes halogenated alkanes) is 1. The van der Waals surface area contributed by atoms with Crippen LogP contribution >= 0.6 is 0 Å². The highest BCUT2D eigenvalue weighted by Crippen LogP contribution is 2.03. The first-order valence-electron chi connectivity index (χ1n) is 5.93. The maximum atomic E-state index is 5.49. The van der Waals surface area contributed by atoms with Gasteiger partial charge in [-0.1, -0.05) is 0 Å². The molecule has 92 valence electrons. The first-order valence-corrected chi connectivity index (χ1v) is 5.93. The molecule has 0 aliphatic carbocycles. The van der Waals surface area contributed by atoms with Crippen LogP contribution in [0, 0.1) is 0 Å². The summed E-state index contributed by atoms with van der Waals surface area (Å²) in [5.74, 6) is 0.896. The number of hydrogen-bond acceptors (Lipinski definition) is 3. The van der Waals surface area contributed by atoms with E-state index in [2.05, 4.69) is 26.1 Å². The molecule has 0 atom stereocenters. The Kier molecular flexibility index (Phi) is 5.56. The third-order valence-electron chi connectivity index (χ3n) is 2.20. The first kappa shape index (κ1) is 13.3. The van der Waals surface area contributed by atoms with Crippen molar-refractivity contribution in [1.29, 1.82) is 0 Å². The summed E-state index contributed by atoms with van der Waals surface area (Å²) in [5, 5.41) is 3.45. The number of furan rings is 1. The minimum absolute atomic E-state index is 0.217. The molecule has 0 bridgehead atoms. The van der Waals surface area contributed by atoms with Crippen LogP contribution in [0.3, 0.4) is 0 Å². The van der Waals surface area contributed by atoms with Crippen LogP contribution in [0.1, 0.15) is 39.4 Å². The van der Waals surface area contributed by atoms with Gasteiger partial charge in [-0.25, -0.2) is 0 Å². The van der Waals surface area contributed by atoms with Gasteiger partial charge in [-0.2, -0.15) is 0 Å². The van der Waals surface area contributed by atoms with Crippen molar-refractivity contribution in [2.45, 2.75) is 45.8 Å². The summed E-state index contributed by atoms with van der Waals surface area (Å²) < 4.78 is 10.7. The summed E-state index contributed by atoms with van der Waals surface area (Å²) >= 11 is 0. The molecule has 0 radical (unpaired) electrons. The van der Waals surface area contributed by atoms with Gasteiger partial charge in [0.05, 0.1) is 6.26 Å². The van der Waals surface area contributed by atoms with Crippen LogP contribution in [0.4, 0.5) is 0 Å². The van der Waals surface area contributed by atoms with Crippen molar-refractivity contribution in [3.8, 4) is 0 Å². The van der Waals surface area contributed by atoms with E-state index in [1.54, 1.807) is 6.26 Å². The normalized spacial score (nSPS) is 11.9. The van der Waals surface area contributed by atoms with Crippen LogP contribution < -0.4 is 5.32 Å². The molecule has 0 unspecified atom stereocenters. The Hall–Kier alpha value is -0.800. The minimum atomic E-state index is 0.217. The average molecular weight is 225 g/mol. The zero-order valence-corrected chi connectivity index (χ0v) is 10.6. The Morgan fingerprint density at radius 1 is 1.31 bits per heavy atom. The van der Waals surface area contributed by atoms with Crippen molar-refractivity contribution in [3.63, 3.8) is 0 Å². The number of hydrogen-bond donors (Lipinski definition) is 1. The molecule has 1 aromatic rings. The van der Waals surface area contributed by atoms with Crippen molar-refractivity contribution in [3.05, 3.63) is 24.2 Å². The molecule has 0 aromatic carbocycles. The van der Waals surface area contributed by atoms with Gasteiger partial charge >= 0.3 is 0 Å². The number of nitrogens with one attached hydrogen (secondary N) is 1. The average Bonchev–Trinajstić information content (AvgIpc) is 2.67. The van der Waals surface area contributed by atoms with E-state index in [0.29, 0.717) is 6.61 Å². The fourth-order valence-corrected chi connectivity index (χ4v) is 1.36. The van der Waals surface area contributed by atoms with Crippen molar-refractivity contribution in [2.75, 3.05) is 13.2 Å². The molecule has 0 spiro atoms. The van der Waals surface area contributed by atoms with E-state index in [4.69, 9.17) is 9.15 Å². The summed E-state index contributed by atoms with van der Waals surface area (Å²) in [4.78, 5) is 0. The topological polar surface area (TPSA) is 34.4 Å². The van der Waals surface area contributed by atoms with E-state index in [-0.39, 0.29) is 5.54 Å². The molecular weight excluding hydrogens is 202 g/mol. The largest absolute Gasteiger partial charge is 0.467 e. The molecule has 1 N–H and O–H groups in total. The number of rotatable bonds is 7. The van der Waals surface area contributed by atoms with Crippen molar-refractivity contribution >= 4 is 0 Å². The highest BCUT2D eigenvalue weighted by atomic mass is 16.5. The monoisotopic (exact) mass is 225 g/mol. The van der Waals surface area contributed by atoms with E-state index in [1.165, 1.54) is 0 Å². The quantitative estimate of drug-likeness (QED) is 0.724. The van der Waals surface area contributed by atoms with Crippen molar-refractivity contribution in [1.82, 2.24) is 5.32 Å². The molecule has 1 rings (SSSR count). The van der Waals surface area contributed by atoms with Gasteiger partial charge in [0.15, 0.2) is 0 Å². The van der Waals surface area contributed by atoms with E-state index in [0.717, 1.165) is 31.8 Å². The van der Waals surface area contributed by atoms with Gasteiger partial charge in [0.2, 0.25) is 0 Å². The lowest BCUT2D eigenvalue weighted by atomic mass is 10.1. The standard InChI is InChI=1S/C13H23NO2/c1-13(2,3)14-8-4-5-9-15-11-12-7-6-10-16-12/h6-7,10,14H,4-5,8-9,11H2,1-3H3. The fraction of sp³-hybridized carbons (Fsp3) is 0.692. The van der Waals surface area contributed by atoms with Gasteiger partial charge in [0, 0.05) is 12.1 Å². The predicted molar refractivity (Wildman–Crippen MR) is 65.4 cm³/mol. The maximum absolute atomic E-state index is 5.49. The highest BCUT2D eigenvalue weighted by molar-refractivity contribution is 4.95. The predicted octanol–water partition coefficient (Wildman–Crippen LogP) is 2.96. The molecule has 3 nitrogen and oxygen atoms in total. The second kappa shape index (κ2) is 6.71. The Balaban J connectivity index is 1.89. The first-order chi connectivity index (χ1) is 7.58. The summed E-state index contributed by atoms with van der Waals surface area (Å²) in [5.41, 5.74) is 0.217. The van der Waals surface area contributed by atoms with Crippen molar-refractivity contribution in [2.24, 2.45) is 0 Å². The molecule has 1 aromatic heterocycles. The van der Waals surface area contributed by atoms with Gasteiger partial charge < -0.3 is 14.5 Å². The summed E-state index contributed by atoms with van der Waals surface area (Å²) in [7, 11) is 0. The summed E-state index contributed by atoms with van der Waals surface area (Å²) in [6, 6.07) is 3.81. The summed E-state index contributed by atoms with van der Waals surface area (Å²) in [6.45, 7) is 8.97. The lowest BCUT2D eigenvalue weighted by Gasteiger charge is -2.20. The lowest BCUT2D eigenvalue weighted by Crippen LogP contribution is -2.36. The third kappa shape index (κ3) is 6.64. The molecule has 0 aliphatic rings. The fourth-order valence-electron chi connectivity index (χ4n) is 1.36. The number of ether oxygens (including phenoxy) is 1. The van der Waals surface area contributed by atoms with Gasteiger partial charge in [-0.3, -0.25) is 0 Å². The molecule has 0 fully saturated rings. The van der Waals surface area contributed by atoms with Crippen LogP contribution in [0.2, 0.25) is 0 Å². The molecule has 1 heterocycles. The Labute approximate surface area is 98.2 Å². The van der Waals surface area contributed by atoms with Crippen LogP contribution in [0.5, 0.6) is 0 Å².